The van der Waals surface area contributed by atoms with Crippen molar-refractivity contribution in [1.29, 1.82) is 0 Å². The lowest BCUT2D eigenvalue weighted by atomic mass is 10.1. The molecule has 28 heavy (non-hydrogen) atoms. The van der Waals surface area contributed by atoms with Gasteiger partial charge in [-0.25, -0.2) is 4.79 Å². The molecule has 0 fully saturated rings. The molecule has 0 saturated heterocycles. The van der Waals surface area contributed by atoms with Crippen LogP contribution in [0, 0.1) is 0 Å². The van der Waals surface area contributed by atoms with Crippen molar-refractivity contribution in [3.05, 3.63) is 54.1 Å². The van der Waals surface area contributed by atoms with Gasteiger partial charge in [0.15, 0.2) is 6.10 Å². The van der Waals surface area contributed by atoms with E-state index in [1.165, 1.54) is 13.0 Å². The van der Waals surface area contributed by atoms with Gasteiger partial charge in [0.05, 0.1) is 0 Å². The Morgan fingerprint density at radius 1 is 1.11 bits per heavy atom. The summed E-state index contributed by atoms with van der Waals surface area (Å²) in [5.41, 5.74) is 1.07. The minimum absolute atomic E-state index is 0.118. The zero-order valence-corrected chi connectivity index (χ0v) is 16.0. The average Bonchev–Trinajstić information content (AvgIpc) is 2.66. The number of aromatic hydroxyl groups is 1. The van der Waals surface area contributed by atoms with Crippen LogP contribution in [0.1, 0.15) is 19.4 Å². The first-order valence-corrected chi connectivity index (χ1v) is 9.15. The summed E-state index contributed by atoms with van der Waals surface area (Å²) in [6.45, 7) is 3.99. The van der Waals surface area contributed by atoms with Gasteiger partial charge in [-0.2, -0.15) is 0 Å². The molecule has 2 aromatic carbocycles. The topological polar surface area (TPSA) is 108 Å². The number of aliphatic hydroxyl groups is 1. The number of carbonyl (C=O) groups is 1. The number of hydrogen-bond acceptors (Lipinski definition) is 6. The van der Waals surface area contributed by atoms with Gasteiger partial charge in [-0.3, -0.25) is 0 Å². The highest BCUT2D eigenvalue weighted by Gasteiger charge is 2.13. The average molecular weight is 389 g/mol. The highest BCUT2D eigenvalue weighted by Crippen LogP contribution is 2.18. The van der Waals surface area contributed by atoms with Crippen LogP contribution in [0.5, 0.6) is 17.2 Å². The van der Waals surface area contributed by atoms with E-state index >= 15 is 0 Å². The van der Waals surface area contributed by atoms with Crippen molar-refractivity contribution in [2.45, 2.75) is 38.5 Å². The number of rotatable bonds is 11. The monoisotopic (exact) mass is 389 g/mol. The first-order chi connectivity index (χ1) is 13.3. The number of phenols is 1. The molecule has 3 unspecified atom stereocenters. The Hall–Kier alpha value is -2.77. The summed E-state index contributed by atoms with van der Waals surface area (Å²) >= 11 is 0. The Morgan fingerprint density at radius 3 is 2.46 bits per heavy atom. The van der Waals surface area contributed by atoms with E-state index in [9.17, 15) is 15.0 Å². The van der Waals surface area contributed by atoms with Crippen molar-refractivity contribution < 1.29 is 29.6 Å². The molecule has 4 N–H and O–H groups in total. The lowest BCUT2D eigenvalue weighted by Gasteiger charge is -2.18. The van der Waals surface area contributed by atoms with Crippen molar-refractivity contribution >= 4 is 5.97 Å². The molecule has 0 aliphatic heterocycles. The molecule has 7 heteroatoms. The maximum Gasteiger partial charge on any atom is 0.344 e. The smallest absolute Gasteiger partial charge is 0.344 e. The van der Waals surface area contributed by atoms with Gasteiger partial charge >= 0.3 is 5.97 Å². The van der Waals surface area contributed by atoms with Crippen LogP contribution in [0.25, 0.3) is 0 Å². The second-order valence-electron chi connectivity index (χ2n) is 6.72. The second kappa shape index (κ2) is 10.5. The van der Waals surface area contributed by atoms with E-state index in [0.29, 0.717) is 18.0 Å². The Balaban J connectivity index is 1.71. The highest BCUT2D eigenvalue weighted by molar-refractivity contribution is 5.72. The van der Waals surface area contributed by atoms with Gasteiger partial charge in [-0.15, -0.1) is 0 Å². The third-order valence-electron chi connectivity index (χ3n) is 4.09. The predicted octanol–water partition coefficient (Wildman–Crippen LogP) is 2.20. The van der Waals surface area contributed by atoms with Crippen molar-refractivity contribution in [2.24, 2.45) is 0 Å². The minimum Gasteiger partial charge on any atom is -0.508 e. The molecule has 0 radical (unpaired) electrons. The number of phenolic OH excluding ortho intramolecular Hbond substituents is 1. The summed E-state index contributed by atoms with van der Waals surface area (Å²) in [5.74, 6) is 0.131. The maximum atomic E-state index is 10.8. The molecule has 2 rings (SSSR count). The lowest BCUT2D eigenvalue weighted by molar-refractivity contribution is -0.144. The quantitative estimate of drug-likeness (QED) is 0.467. The van der Waals surface area contributed by atoms with Crippen LogP contribution in [-0.4, -0.2) is 52.7 Å². The fraction of sp³-hybridized carbons (Fsp3) is 0.381. The number of carboxylic acids is 1. The van der Waals surface area contributed by atoms with Crippen LogP contribution in [-0.2, 0) is 11.2 Å². The maximum absolute atomic E-state index is 10.8. The highest BCUT2D eigenvalue weighted by atomic mass is 16.5. The van der Waals surface area contributed by atoms with Gasteiger partial charge in [-0.1, -0.05) is 18.2 Å². The summed E-state index contributed by atoms with van der Waals surface area (Å²) in [4.78, 5) is 10.8. The molecule has 152 valence electrons. The second-order valence-corrected chi connectivity index (χ2v) is 6.72. The minimum atomic E-state index is -1.01. The molecule has 7 nitrogen and oxygen atoms in total. The summed E-state index contributed by atoms with van der Waals surface area (Å²) in [7, 11) is 0. The van der Waals surface area contributed by atoms with Crippen molar-refractivity contribution in [2.75, 3.05) is 13.2 Å². The van der Waals surface area contributed by atoms with E-state index < -0.39 is 18.2 Å². The van der Waals surface area contributed by atoms with E-state index in [1.807, 2.05) is 19.1 Å². The molecule has 2 aromatic rings. The molecule has 0 bridgehead atoms. The van der Waals surface area contributed by atoms with Crippen LogP contribution >= 0.6 is 0 Å². The van der Waals surface area contributed by atoms with E-state index in [4.69, 9.17) is 14.6 Å². The van der Waals surface area contributed by atoms with Gasteiger partial charge in [0.25, 0.3) is 0 Å². The van der Waals surface area contributed by atoms with Crippen LogP contribution in [0.15, 0.2) is 48.5 Å². The van der Waals surface area contributed by atoms with E-state index in [2.05, 4.69) is 5.32 Å². The van der Waals surface area contributed by atoms with Crippen LogP contribution < -0.4 is 14.8 Å². The summed E-state index contributed by atoms with van der Waals surface area (Å²) in [6.07, 6.45) is -0.831. The fourth-order valence-corrected chi connectivity index (χ4v) is 2.55. The molecular formula is C21H27NO6. The third-order valence-corrected chi connectivity index (χ3v) is 4.09. The van der Waals surface area contributed by atoms with Gasteiger partial charge in [0.2, 0.25) is 0 Å². The van der Waals surface area contributed by atoms with Crippen molar-refractivity contribution in [3.8, 4) is 17.2 Å². The largest absolute Gasteiger partial charge is 0.508 e. The Bertz CT molecular complexity index is 749. The van der Waals surface area contributed by atoms with Crippen LogP contribution in [0.2, 0.25) is 0 Å². The van der Waals surface area contributed by atoms with Crippen molar-refractivity contribution in [1.82, 2.24) is 5.32 Å². The number of hydrogen-bond donors (Lipinski definition) is 4. The van der Waals surface area contributed by atoms with Gasteiger partial charge in [0, 0.05) is 18.7 Å². The Kier molecular flexibility index (Phi) is 8.10. The zero-order valence-electron chi connectivity index (χ0n) is 16.0. The Labute approximate surface area is 164 Å². The summed E-state index contributed by atoms with van der Waals surface area (Å²) in [6, 6.07) is 13.8. The lowest BCUT2D eigenvalue weighted by Crippen LogP contribution is -2.37. The van der Waals surface area contributed by atoms with E-state index in [0.717, 1.165) is 12.0 Å². The first kappa shape index (κ1) is 21.5. The number of carboxylic acid groups (broad SMARTS) is 1. The third kappa shape index (κ3) is 7.46. The number of aliphatic carboxylic acids is 1. The molecule has 0 aromatic heterocycles. The molecule has 0 amide bonds. The van der Waals surface area contributed by atoms with Gasteiger partial charge in [-0.05, 0) is 50.1 Å². The number of aliphatic hydroxyl groups excluding tert-OH is 1. The molecule has 0 saturated carbocycles. The predicted molar refractivity (Wildman–Crippen MR) is 105 cm³/mol. The number of benzene rings is 2. The standard InChI is InChI=1S/C21H27NO6/c1-14(10-16-6-8-19(9-7-16)28-15(2)21(25)26)22-12-18(24)13-27-20-5-3-4-17(23)11-20/h3-9,11,14-15,18,22-24H,10,12-13H2,1-2H3,(H,25,26). The summed E-state index contributed by atoms with van der Waals surface area (Å²) < 4.78 is 10.8. The zero-order chi connectivity index (χ0) is 20.5. The summed E-state index contributed by atoms with van der Waals surface area (Å²) in [5, 5.41) is 31.5. The number of ether oxygens (including phenoxy) is 2. The molecule has 0 aliphatic rings. The van der Waals surface area contributed by atoms with Gasteiger partial charge in [0.1, 0.15) is 30.0 Å². The Morgan fingerprint density at radius 2 is 1.82 bits per heavy atom. The molecular weight excluding hydrogens is 362 g/mol. The van der Waals surface area contributed by atoms with Crippen LogP contribution in [0.4, 0.5) is 0 Å². The normalized spacial score (nSPS) is 14.1. The van der Waals surface area contributed by atoms with E-state index in [-0.39, 0.29) is 18.4 Å². The van der Waals surface area contributed by atoms with Gasteiger partial charge < -0.3 is 30.1 Å². The fourth-order valence-electron chi connectivity index (χ4n) is 2.55. The molecule has 0 heterocycles. The molecule has 3 atom stereocenters. The number of nitrogens with one attached hydrogen (secondary N) is 1. The van der Waals surface area contributed by atoms with Crippen molar-refractivity contribution in [3.63, 3.8) is 0 Å². The SMILES string of the molecule is CC(Cc1ccc(OC(C)C(=O)O)cc1)NCC(O)COc1cccc(O)c1. The molecule has 0 spiro atoms. The van der Waals surface area contributed by atoms with E-state index in [1.54, 1.807) is 30.3 Å². The first-order valence-electron chi connectivity index (χ1n) is 9.15. The molecule has 0 aliphatic carbocycles. The van der Waals surface area contributed by atoms with Crippen LogP contribution in [0.3, 0.4) is 0 Å².